The highest BCUT2D eigenvalue weighted by atomic mass is 16.6. The summed E-state index contributed by atoms with van der Waals surface area (Å²) in [5.74, 6) is 1.09. The summed E-state index contributed by atoms with van der Waals surface area (Å²) in [6, 6.07) is 5.61. The number of likely N-dealkylation sites (N-methyl/N-ethyl adjacent to an activating group) is 1. The lowest BCUT2D eigenvalue weighted by Gasteiger charge is -2.17. The predicted octanol–water partition coefficient (Wildman–Crippen LogP) is 2.53. The average Bonchev–Trinajstić information content (AvgIpc) is 3.22. The quantitative estimate of drug-likeness (QED) is 0.607. The first-order valence-electron chi connectivity index (χ1n) is 6.70. The molecule has 1 aliphatic rings. The van der Waals surface area contributed by atoms with Gasteiger partial charge in [0.05, 0.1) is 12.0 Å². The van der Waals surface area contributed by atoms with Gasteiger partial charge in [0.1, 0.15) is 0 Å². The number of rotatable bonds is 7. The van der Waals surface area contributed by atoms with Gasteiger partial charge in [-0.1, -0.05) is 13.0 Å². The third-order valence-electron chi connectivity index (χ3n) is 3.55. The van der Waals surface area contributed by atoms with Crippen molar-refractivity contribution in [2.75, 3.05) is 13.7 Å². The Hall–Kier alpha value is -1.62. The largest absolute Gasteiger partial charge is 0.490 e. The van der Waals surface area contributed by atoms with Crippen LogP contribution in [0.15, 0.2) is 18.2 Å². The fourth-order valence-electron chi connectivity index (χ4n) is 2.42. The Morgan fingerprint density at radius 1 is 1.53 bits per heavy atom. The molecular formula is C14H20N2O3. The van der Waals surface area contributed by atoms with E-state index in [4.69, 9.17) is 4.74 Å². The van der Waals surface area contributed by atoms with Crippen molar-refractivity contribution in [2.45, 2.75) is 32.2 Å². The van der Waals surface area contributed by atoms with Crippen LogP contribution in [-0.4, -0.2) is 24.6 Å². The number of benzene rings is 1. The molecule has 1 unspecified atom stereocenters. The van der Waals surface area contributed by atoms with Crippen LogP contribution in [0.2, 0.25) is 0 Å². The Kier molecular flexibility index (Phi) is 4.37. The molecule has 1 atom stereocenters. The van der Waals surface area contributed by atoms with E-state index < -0.39 is 4.92 Å². The maximum atomic E-state index is 10.8. The normalized spacial score (nSPS) is 16.1. The Morgan fingerprint density at radius 3 is 2.79 bits per heavy atom. The van der Waals surface area contributed by atoms with Gasteiger partial charge in [0.2, 0.25) is 0 Å². The molecule has 0 heterocycles. The number of nitrogens with zero attached hydrogens (tertiary/aromatic N) is 1. The van der Waals surface area contributed by atoms with Crippen LogP contribution in [0.5, 0.6) is 5.75 Å². The van der Waals surface area contributed by atoms with E-state index in [1.54, 1.807) is 6.07 Å². The highest BCUT2D eigenvalue weighted by Crippen LogP contribution is 2.35. The van der Waals surface area contributed by atoms with E-state index in [2.05, 4.69) is 12.2 Å². The van der Waals surface area contributed by atoms with Crippen LogP contribution >= 0.6 is 0 Å². The zero-order chi connectivity index (χ0) is 13.8. The van der Waals surface area contributed by atoms with E-state index in [1.807, 2.05) is 6.07 Å². The van der Waals surface area contributed by atoms with Crippen LogP contribution < -0.4 is 10.1 Å². The lowest BCUT2D eigenvalue weighted by atomic mass is 10.0. The van der Waals surface area contributed by atoms with Gasteiger partial charge >= 0.3 is 5.69 Å². The number of nitro benzene ring substituents is 1. The summed E-state index contributed by atoms with van der Waals surface area (Å²) in [7, 11) is 1.47. The van der Waals surface area contributed by atoms with Gasteiger partial charge in [-0.15, -0.1) is 0 Å². The van der Waals surface area contributed by atoms with Crippen molar-refractivity contribution >= 4 is 5.69 Å². The van der Waals surface area contributed by atoms with Crippen LogP contribution in [0.4, 0.5) is 5.69 Å². The highest BCUT2D eigenvalue weighted by molar-refractivity contribution is 5.48. The third kappa shape index (κ3) is 3.44. The van der Waals surface area contributed by atoms with Crippen LogP contribution in [0.25, 0.3) is 0 Å². The Balaban J connectivity index is 2.13. The lowest BCUT2D eigenvalue weighted by molar-refractivity contribution is -0.385. The van der Waals surface area contributed by atoms with Gasteiger partial charge in [0, 0.05) is 12.1 Å². The molecule has 104 valence electrons. The minimum Gasteiger partial charge on any atom is -0.490 e. The molecule has 5 nitrogen and oxygen atoms in total. The first-order chi connectivity index (χ1) is 9.15. The van der Waals surface area contributed by atoms with E-state index in [0.29, 0.717) is 11.8 Å². The number of methoxy groups -OCH3 is 1. The van der Waals surface area contributed by atoms with Gasteiger partial charge in [-0.25, -0.2) is 0 Å². The van der Waals surface area contributed by atoms with Crippen LogP contribution in [0, 0.1) is 16.0 Å². The van der Waals surface area contributed by atoms with Crippen molar-refractivity contribution in [2.24, 2.45) is 5.92 Å². The second-order valence-corrected chi connectivity index (χ2v) is 4.97. The topological polar surface area (TPSA) is 64.4 Å². The smallest absolute Gasteiger partial charge is 0.310 e. The van der Waals surface area contributed by atoms with Crippen molar-refractivity contribution in [1.29, 1.82) is 0 Å². The number of nitro groups is 1. The van der Waals surface area contributed by atoms with Gasteiger partial charge in [-0.2, -0.15) is 0 Å². The van der Waals surface area contributed by atoms with Gasteiger partial charge in [0.15, 0.2) is 5.75 Å². The Morgan fingerprint density at radius 2 is 2.26 bits per heavy atom. The molecule has 0 amide bonds. The second kappa shape index (κ2) is 6.02. The summed E-state index contributed by atoms with van der Waals surface area (Å²) < 4.78 is 5.10. The van der Waals surface area contributed by atoms with Crippen molar-refractivity contribution in [3.63, 3.8) is 0 Å². The standard InChI is InChI=1S/C14H20N2O3/c1-3-15-12(11-5-6-11)8-10-4-7-13(16(17)18)14(9-10)19-2/h4,7,9,11-12,15H,3,5-6,8H2,1-2H3. The van der Waals surface area contributed by atoms with Gasteiger partial charge in [0.25, 0.3) is 0 Å². The van der Waals surface area contributed by atoms with E-state index in [9.17, 15) is 10.1 Å². The van der Waals surface area contributed by atoms with E-state index in [-0.39, 0.29) is 5.69 Å². The monoisotopic (exact) mass is 264 g/mol. The molecular weight excluding hydrogens is 244 g/mol. The zero-order valence-electron chi connectivity index (χ0n) is 11.4. The molecule has 0 aliphatic heterocycles. The molecule has 1 N–H and O–H groups in total. The first-order valence-corrected chi connectivity index (χ1v) is 6.70. The molecule has 19 heavy (non-hydrogen) atoms. The average molecular weight is 264 g/mol. The van der Waals surface area contributed by atoms with Crippen LogP contribution in [0.1, 0.15) is 25.3 Å². The van der Waals surface area contributed by atoms with Gasteiger partial charge < -0.3 is 10.1 Å². The fourth-order valence-corrected chi connectivity index (χ4v) is 2.42. The van der Waals surface area contributed by atoms with Crippen molar-refractivity contribution in [3.8, 4) is 5.75 Å². The molecule has 1 aliphatic carbocycles. The second-order valence-electron chi connectivity index (χ2n) is 4.97. The number of nitrogens with one attached hydrogen (secondary N) is 1. The Bertz CT molecular complexity index is 458. The van der Waals surface area contributed by atoms with Gasteiger partial charge in [-0.3, -0.25) is 10.1 Å². The molecule has 1 aromatic carbocycles. The zero-order valence-corrected chi connectivity index (χ0v) is 11.4. The van der Waals surface area contributed by atoms with E-state index >= 15 is 0 Å². The van der Waals surface area contributed by atoms with Crippen LogP contribution in [0.3, 0.4) is 0 Å². The summed E-state index contributed by atoms with van der Waals surface area (Å²) in [6.45, 7) is 3.05. The lowest BCUT2D eigenvalue weighted by Crippen LogP contribution is -2.32. The van der Waals surface area contributed by atoms with Crippen molar-refractivity contribution < 1.29 is 9.66 Å². The number of hydrogen-bond donors (Lipinski definition) is 1. The van der Waals surface area contributed by atoms with Crippen LogP contribution in [-0.2, 0) is 6.42 Å². The number of hydrogen-bond acceptors (Lipinski definition) is 4. The van der Waals surface area contributed by atoms with Crippen molar-refractivity contribution in [1.82, 2.24) is 5.32 Å². The van der Waals surface area contributed by atoms with Gasteiger partial charge in [-0.05, 0) is 43.4 Å². The Labute approximate surface area is 113 Å². The minimum atomic E-state index is -0.411. The fraction of sp³-hybridized carbons (Fsp3) is 0.571. The summed E-state index contributed by atoms with van der Waals surface area (Å²) in [5, 5.41) is 14.3. The molecule has 0 saturated heterocycles. The molecule has 1 fully saturated rings. The molecule has 0 spiro atoms. The molecule has 0 aromatic heterocycles. The summed E-state index contributed by atoms with van der Waals surface area (Å²) >= 11 is 0. The molecule has 0 bridgehead atoms. The molecule has 1 aromatic rings. The van der Waals surface area contributed by atoms with E-state index in [1.165, 1.54) is 26.0 Å². The maximum absolute atomic E-state index is 10.8. The molecule has 2 rings (SSSR count). The summed E-state index contributed by atoms with van der Waals surface area (Å²) in [5.41, 5.74) is 1.11. The third-order valence-corrected chi connectivity index (χ3v) is 3.55. The summed E-state index contributed by atoms with van der Waals surface area (Å²) in [4.78, 5) is 10.4. The molecule has 1 saturated carbocycles. The minimum absolute atomic E-state index is 0.0256. The van der Waals surface area contributed by atoms with E-state index in [0.717, 1.165) is 24.4 Å². The number of ether oxygens (including phenoxy) is 1. The molecule has 0 radical (unpaired) electrons. The highest BCUT2D eigenvalue weighted by Gasteiger charge is 2.30. The SMILES string of the molecule is CCNC(Cc1ccc([N+](=O)[O-])c(OC)c1)C1CC1. The predicted molar refractivity (Wildman–Crippen MR) is 73.5 cm³/mol. The maximum Gasteiger partial charge on any atom is 0.310 e. The molecule has 5 heteroatoms. The summed E-state index contributed by atoms with van der Waals surface area (Å²) in [6.07, 6.45) is 3.45. The van der Waals surface area contributed by atoms with Crippen molar-refractivity contribution in [3.05, 3.63) is 33.9 Å². The first kappa shape index (κ1) is 13.8.